The van der Waals surface area contributed by atoms with Gasteiger partial charge in [0.15, 0.2) is 18.2 Å². The van der Waals surface area contributed by atoms with Crippen LogP contribution in [0.4, 0.5) is 5.69 Å². The molecule has 0 bridgehead atoms. The van der Waals surface area contributed by atoms with Crippen LogP contribution in [-0.2, 0) is 14.4 Å². The lowest BCUT2D eigenvalue weighted by Crippen LogP contribution is -2.42. The first-order chi connectivity index (χ1) is 18.3. The molecule has 0 radical (unpaired) electrons. The highest BCUT2D eigenvalue weighted by molar-refractivity contribution is 9.11. The molecule has 3 aliphatic rings. The maximum Gasteiger partial charge on any atom is 0.262 e. The third-order valence-corrected chi connectivity index (χ3v) is 8.52. The van der Waals surface area contributed by atoms with Crippen LogP contribution in [0.15, 0.2) is 74.0 Å². The first-order valence-corrected chi connectivity index (χ1v) is 14.7. The monoisotopic (exact) mass is 654 g/mol. The van der Waals surface area contributed by atoms with E-state index in [1.807, 2.05) is 42.5 Å². The average Bonchev–Trinajstić information content (AvgIpc) is 2.80. The Morgan fingerprint density at radius 3 is 2.05 bits per heavy atom. The fourth-order valence-corrected chi connectivity index (χ4v) is 7.38. The Balaban J connectivity index is 1.59. The third-order valence-electron chi connectivity index (χ3n) is 7.47. The van der Waals surface area contributed by atoms with Gasteiger partial charge in [-0.05, 0) is 63.9 Å². The first-order valence-electron chi connectivity index (χ1n) is 13.1. The van der Waals surface area contributed by atoms with Crippen molar-refractivity contribution in [2.45, 2.75) is 59.3 Å². The molecule has 2 aromatic rings. The number of allylic oxidation sites excluding steroid dienone is 4. The minimum atomic E-state index is -0.579. The summed E-state index contributed by atoms with van der Waals surface area (Å²) in [5, 5.41) is 6.38. The number of ketones is 2. The predicted octanol–water partition coefficient (Wildman–Crippen LogP) is 7.20. The van der Waals surface area contributed by atoms with Crippen LogP contribution in [0.3, 0.4) is 0 Å². The van der Waals surface area contributed by atoms with Gasteiger partial charge in [-0.15, -0.1) is 0 Å². The summed E-state index contributed by atoms with van der Waals surface area (Å²) < 4.78 is 7.57. The van der Waals surface area contributed by atoms with E-state index in [0.717, 1.165) is 15.9 Å². The van der Waals surface area contributed by atoms with Crippen LogP contribution in [0.1, 0.15) is 64.9 Å². The molecule has 0 unspecified atom stereocenters. The standard InChI is InChI=1S/C31H32Br2N2O4/c1-30(2)12-21-27(23(36)14-30)26(28-22(35-21)13-31(3,4)15-24(28)37)19-10-17(32)11-20(33)29(19)39-16-25(38)34-18-8-6-5-7-9-18/h5-11,26,35H,12-16H2,1-4H3,(H,34,38). The summed E-state index contributed by atoms with van der Waals surface area (Å²) in [5.41, 5.74) is 4.01. The van der Waals surface area contributed by atoms with E-state index in [0.29, 0.717) is 58.3 Å². The van der Waals surface area contributed by atoms with E-state index in [4.69, 9.17) is 4.74 Å². The van der Waals surface area contributed by atoms with Gasteiger partial charge in [0.25, 0.3) is 5.91 Å². The molecule has 0 saturated heterocycles. The number of ether oxygens (including phenoxy) is 1. The molecule has 0 fully saturated rings. The first kappa shape index (κ1) is 27.8. The predicted molar refractivity (Wildman–Crippen MR) is 158 cm³/mol. The molecule has 2 aliphatic carbocycles. The van der Waals surface area contributed by atoms with E-state index in [-0.39, 0.29) is 34.9 Å². The fourth-order valence-electron chi connectivity index (χ4n) is 6.00. The number of carbonyl (C=O) groups excluding carboxylic acids is 3. The zero-order valence-corrected chi connectivity index (χ0v) is 25.7. The van der Waals surface area contributed by atoms with Crippen LogP contribution in [0.25, 0.3) is 0 Å². The number of carbonyl (C=O) groups is 3. The number of halogens is 2. The van der Waals surface area contributed by atoms with E-state index >= 15 is 0 Å². The summed E-state index contributed by atoms with van der Waals surface area (Å²) >= 11 is 7.22. The minimum Gasteiger partial charge on any atom is -0.482 e. The number of hydrogen-bond donors (Lipinski definition) is 2. The van der Waals surface area contributed by atoms with E-state index < -0.39 is 5.92 Å². The molecule has 39 heavy (non-hydrogen) atoms. The summed E-state index contributed by atoms with van der Waals surface area (Å²) in [6.07, 6.45) is 2.22. The largest absolute Gasteiger partial charge is 0.482 e. The summed E-state index contributed by atoms with van der Waals surface area (Å²) in [5.74, 6) is -0.372. The van der Waals surface area contributed by atoms with Gasteiger partial charge in [-0.1, -0.05) is 61.8 Å². The van der Waals surface area contributed by atoms with Gasteiger partial charge in [0.1, 0.15) is 5.75 Å². The number of anilines is 1. The molecule has 0 atom stereocenters. The molecule has 2 N–H and O–H groups in total. The van der Waals surface area contributed by atoms with E-state index in [9.17, 15) is 14.4 Å². The van der Waals surface area contributed by atoms with Crippen molar-refractivity contribution in [3.63, 3.8) is 0 Å². The van der Waals surface area contributed by atoms with Crippen LogP contribution in [0.5, 0.6) is 5.75 Å². The number of rotatable bonds is 5. The van der Waals surface area contributed by atoms with Crippen molar-refractivity contribution in [2.24, 2.45) is 10.8 Å². The van der Waals surface area contributed by atoms with Gasteiger partial charge in [0.05, 0.1) is 4.47 Å². The Hall–Kier alpha value is -2.71. The number of nitrogens with one attached hydrogen (secondary N) is 2. The molecule has 8 heteroatoms. The summed E-state index contributed by atoms with van der Waals surface area (Å²) in [6, 6.07) is 12.9. The Morgan fingerprint density at radius 2 is 1.49 bits per heavy atom. The highest BCUT2D eigenvalue weighted by atomic mass is 79.9. The van der Waals surface area contributed by atoms with Gasteiger partial charge in [-0.2, -0.15) is 0 Å². The molecule has 1 aliphatic heterocycles. The lowest BCUT2D eigenvalue weighted by atomic mass is 9.64. The topological polar surface area (TPSA) is 84.5 Å². The molecule has 6 nitrogen and oxygen atoms in total. The second-order valence-electron chi connectivity index (χ2n) is 12.2. The second-order valence-corrected chi connectivity index (χ2v) is 14.0. The van der Waals surface area contributed by atoms with Gasteiger partial charge in [0.2, 0.25) is 0 Å². The Labute approximate surface area is 245 Å². The molecule has 204 valence electrons. The Morgan fingerprint density at radius 1 is 0.923 bits per heavy atom. The van der Waals surface area contributed by atoms with Gasteiger partial charge in [0, 0.05) is 57.0 Å². The smallest absolute Gasteiger partial charge is 0.262 e. The van der Waals surface area contributed by atoms with E-state index in [1.54, 1.807) is 0 Å². The molecule has 0 saturated carbocycles. The maximum atomic E-state index is 13.7. The van der Waals surface area contributed by atoms with Crippen LogP contribution >= 0.6 is 31.9 Å². The number of dihydropyridines is 1. The molecular formula is C31H32Br2N2O4. The number of hydrogen-bond acceptors (Lipinski definition) is 5. The second kappa shape index (κ2) is 10.4. The van der Waals surface area contributed by atoms with Crippen LogP contribution in [-0.4, -0.2) is 24.1 Å². The zero-order valence-electron chi connectivity index (χ0n) is 22.5. The van der Waals surface area contributed by atoms with Crippen LogP contribution < -0.4 is 15.4 Å². The van der Waals surface area contributed by atoms with E-state index in [1.165, 1.54) is 0 Å². The number of benzene rings is 2. The Kier molecular flexibility index (Phi) is 7.40. The van der Waals surface area contributed by atoms with Gasteiger partial charge >= 0.3 is 0 Å². The van der Waals surface area contributed by atoms with Crippen LogP contribution in [0, 0.1) is 10.8 Å². The van der Waals surface area contributed by atoms with Crippen molar-refractivity contribution in [3.8, 4) is 5.75 Å². The third kappa shape index (κ3) is 5.78. The summed E-state index contributed by atoms with van der Waals surface area (Å²) in [4.78, 5) is 40.2. The van der Waals surface area contributed by atoms with Crippen LogP contribution in [0.2, 0.25) is 0 Å². The lowest BCUT2D eigenvalue weighted by Gasteiger charge is -2.44. The molecule has 1 amide bonds. The highest BCUT2D eigenvalue weighted by Gasteiger charge is 2.47. The average molecular weight is 656 g/mol. The fraction of sp³-hybridized carbons (Fsp3) is 0.387. The number of para-hydroxylation sites is 1. The number of amides is 1. The normalized spacial score (nSPS) is 20.3. The van der Waals surface area contributed by atoms with Crippen molar-refractivity contribution in [3.05, 3.63) is 79.5 Å². The van der Waals surface area contributed by atoms with Gasteiger partial charge in [-0.3, -0.25) is 14.4 Å². The molecular weight excluding hydrogens is 624 g/mol. The van der Waals surface area contributed by atoms with Crippen molar-refractivity contribution < 1.29 is 19.1 Å². The summed E-state index contributed by atoms with van der Waals surface area (Å²) in [7, 11) is 0. The lowest BCUT2D eigenvalue weighted by molar-refractivity contribution is -0.120. The quantitative estimate of drug-likeness (QED) is 0.356. The highest BCUT2D eigenvalue weighted by Crippen LogP contribution is 2.53. The van der Waals surface area contributed by atoms with E-state index in [2.05, 4.69) is 70.2 Å². The zero-order chi connectivity index (χ0) is 28.1. The Bertz CT molecular complexity index is 1390. The maximum absolute atomic E-state index is 13.7. The van der Waals surface area contributed by atoms with Gasteiger partial charge < -0.3 is 15.4 Å². The molecule has 0 aromatic heterocycles. The SMILES string of the molecule is CC1(C)CC(=O)C2=C(C1)NC1=C(C(=O)CC(C)(C)C1)C2c1cc(Br)cc(Br)c1OCC(=O)Nc1ccccc1. The number of Topliss-reactive ketones (excluding diaryl/α,β-unsaturated/α-hetero) is 2. The van der Waals surface area contributed by atoms with Crippen molar-refractivity contribution in [1.82, 2.24) is 5.32 Å². The van der Waals surface area contributed by atoms with Crippen molar-refractivity contribution >= 4 is 55.0 Å². The molecule has 5 rings (SSSR count). The minimum absolute atomic E-state index is 0.0341. The van der Waals surface area contributed by atoms with Gasteiger partial charge in [-0.25, -0.2) is 0 Å². The summed E-state index contributed by atoms with van der Waals surface area (Å²) in [6.45, 7) is 8.16. The molecule has 1 heterocycles. The van der Waals surface area contributed by atoms with Crippen molar-refractivity contribution in [2.75, 3.05) is 11.9 Å². The molecule has 2 aromatic carbocycles. The van der Waals surface area contributed by atoms with Crippen molar-refractivity contribution in [1.29, 1.82) is 0 Å². The molecule has 0 spiro atoms.